The van der Waals surface area contributed by atoms with Crippen molar-refractivity contribution in [2.45, 2.75) is 13.3 Å². The number of thiazole rings is 1. The van der Waals surface area contributed by atoms with E-state index in [9.17, 15) is 4.79 Å². The Labute approximate surface area is 160 Å². The summed E-state index contributed by atoms with van der Waals surface area (Å²) >= 11 is 1.43. The van der Waals surface area contributed by atoms with Gasteiger partial charge in [-0.05, 0) is 42.8 Å². The minimum absolute atomic E-state index is 0.119. The van der Waals surface area contributed by atoms with Crippen LogP contribution in [0.3, 0.4) is 0 Å². The Balaban J connectivity index is 1.43. The normalized spacial score (nSPS) is 10.9. The summed E-state index contributed by atoms with van der Waals surface area (Å²) < 4.78 is 8.24. The fraction of sp³-hybridized carbons (Fsp3) is 0.150. The molecule has 0 spiro atoms. The Bertz CT molecular complexity index is 1070. The first-order valence-electron chi connectivity index (χ1n) is 8.63. The number of hydrogen-bond acceptors (Lipinski definition) is 5. The molecule has 27 heavy (non-hydrogen) atoms. The molecule has 0 atom stereocenters. The molecule has 0 aliphatic carbocycles. The molecule has 2 heterocycles. The highest BCUT2D eigenvalue weighted by molar-refractivity contribution is 7.22. The number of anilines is 1. The molecular weight excluding hydrogens is 360 g/mol. The van der Waals surface area contributed by atoms with E-state index in [-0.39, 0.29) is 12.3 Å². The van der Waals surface area contributed by atoms with Gasteiger partial charge in [0.15, 0.2) is 5.13 Å². The Kier molecular flexibility index (Phi) is 4.84. The molecule has 0 radical (unpaired) electrons. The average Bonchev–Trinajstić information content (AvgIpc) is 3.28. The molecule has 7 heteroatoms. The molecule has 0 saturated heterocycles. The van der Waals surface area contributed by atoms with Crippen LogP contribution >= 0.6 is 11.3 Å². The smallest absolute Gasteiger partial charge is 0.230 e. The second-order valence-electron chi connectivity index (χ2n) is 5.94. The van der Waals surface area contributed by atoms with Gasteiger partial charge in [0, 0.05) is 6.20 Å². The fourth-order valence-electron chi connectivity index (χ4n) is 2.74. The van der Waals surface area contributed by atoms with Gasteiger partial charge in [0.05, 0.1) is 35.1 Å². The number of aromatic nitrogens is 3. The summed E-state index contributed by atoms with van der Waals surface area (Å²) in [6.45, 7) is 2.56. The molecule has 2 aromatic heterocycles. The lowest BCUT2D eigenvalue weighted by Crippen LogP contribution is -2.13. The van der Waals surface area contributed by atoms with E-state index in [1.165, 1.54) is 11.3 Å². The quantitative estimate of drug-likeness (QED) is 0.549. The molecule has 0 fully saturated rings. The van der Waals surface area contributed by atoms with Crippen molar-refractivity contribution in [3.63, 3.8) is 0 Å². The zero-order valence-corrected chi connectivity index (χ0v) is 15.6. The van der Waals surface area contributed by atoms with Crippen LogP contribution in [0.25, 0.3) is 15.9 Å². The molecule has 0 aliphatic rings. The maximum Gasteiger partial charge on any atom is 0.230 e. The number of amides is 1. The van der Waals surface area contributed by atoms with Gasteiger partial charge in [-0.2, -0.15) is 5.10 Å². The third-order valence-corrected chi connectivity index (χ3v) is 4.87. The molecule has 0 aliphatic heterocycles. The predicted octanol–water partition coefficient (Wildman–Crippen LogP) is 4.06. The molecule has 0 saturated carbocycles. The number of carbonyl (C=O) groups is 1. The van der Waals surface area contributed by atoms with E-state index in [0.717, 1.165) is 27.2 Å². The number of rotatable bonds is 6. The van der Waals surface area contributed by atoms with Gasteiger partial charge in [-0.1, -0.05) is 29.5 Å². The van der Waals surface area contributed by atoms with E-state index in [4.69, 9.17) is 4.74 Å². The van der Waals surface area contributed by atoms with Gasteiger partial charge >= 0.3 is 0 Å². The second kappa shape index (κ2) is 7.59. The van der Waals surface area contributed by atoms with Gasteiger partial charge in [-0.3, -0.25) is 4.79 Å². The van der Waals surface area contributed by atoms with E-state index in [1.807, 2.05) is 61.7 Å². The lowest BCUT2D eigenvalue weighted by atomic mass is 10.2. The number of fused-ring (bicyclic) bond motifs is 1. The summed E-state index contributed by atoms with van der Waals surface area (Å²) in [5, 5.41) is 7.77. The highest BCUT2D eigenvalue weighted by Gasteiger charge is 2.11. The number of nitrogens with zero attached hydrogens (tertiary/aromatic N) is 3. The SMILES string of the molecule is CCOc1ccc2nc(NC(=O)Cc3cnn(-c4ccccc4)c3)sc2c1. The van der Waals surface area contributed by atoms with Crippen LogP contribution in [-0.4, -0.2) is 27.3 Å². The van der Waals surface area contributed by atoms with Crippen LogP contribution in [0.4, 0.5) is 5.13 Å². The van der Waals surface area contributed by atoms with E-state index in [2.05, 4.69) is 15.4 Å². The Hall–Kier alpha value is -3.19. The van der Waals surface area contributed by atoms with Crippen LogP contribution in [0.1, 0.15) is 12.5 Å². The monoisotopic (exact) mass is 378 g/mol. The lowest BCUT2D eigenvalue weighted by Gasteiger charge is -2.00. The van der Waals surface area contributed by atoms with Crippen molar-refractivity contribution >= 4 is 32.6 Å². The average molecular weight is 378 g/mol. The lowest BCUT2D eigenvalue weighted by molar-refractivity contribution is -0.115. The fourth-order valence-corrected chi connectivity index (χ4v) is 3.65. The van der Waals surface area contributed by atoms with Gasteiger partial charge in [-0.25, -0.2) is 9.67 Å². The maximum atomic E-state index is 12.4. The van der Waals surface area contributed by atoms with E-state index in [1.54, 1.807) is 10.9 Å². The summed E-state index contributed by atoms with van der Waals surface area (Å²) in [4.78, 5) is 16.8. The van der Waals surface area contributed by atoms with Crippen molar-refractivity contribution < 1.29 is 9.53 Å². The third-order valence-electron chi connectivity index (χ3n) is 3.94. The number of ether oxygens (including phenoxy) is 1. The molecule has 0 bridgehead atoms. The molecule has 4 rings (SSSR count). The van der Waals surface area contributed by atoms with Crippen molar-refractivity contribution in [1.82, 2.24) is 14.8 Å². The highest BCUT2D eigenvalue weighted by atomic mass is 32.1. The van der Waals surface area contributed by atoms with Crippen molar-refractivity contribution in [1.29, 1.82) is 0 Å². The molecule has 2 aromatic carbocycles. The van der Waals surface area contributed by atoms with Crippen molar-refractivity contribution in [2.24, 2.45) is 0 Å². The number of carbonyl (C=O) groups excluding carboxylic acids is 1. The number of benzene rings is 2. The van der Waals surface area contributed by atoms with E-state index < -0.39 is 0 Å². The maximum absolute atomic E-state index is 12.4. The molecule has 4 aromatic rings. The van der Waals surface area contributed by atoms with Crippen molar-refractivity contribution in [3.8, 4) is 11.4 Å². The van der Waals surface area contributed by atoms with Crippen LogP contribution in [-0.2, 0) is 11.2 Å². The number of para-hydroxylation sites is 1. The number of hydrogen-bond donors (Lipinski definition) is 1. The van der Waals surface area contributed by atoms with E-state index in [0.29, 0.717) is 11.7 Å². The van der Waals surface area contributed by atoms with Gasteiger partial charge in [0.25, 0.3) is 0 Å². The van der Waals surface area contributed by atoms with Gasteiger partial charge in [0.1, 0.15) is 5.75 Å². The summed E-state index contributed by atoms with van der Waals surface area (Å²) in [6, 6.07) is 15.5. The molecule has 0 unspecified atom stereocenters. The molecule has 136 valence electrons. The van der Waals surface area contributed by atoms with Crippen LogP contribution in [0.15, 0.2) is 60.9 Å². The van der Waals surface area contributed by atoms with Crippen molar-refractivity contribution in [2.75, 3.05) is 11.9 Å². The van der Waals surface area contributed by atoms with Crippen molar-refractivity contribution in [3.05, 3.63) is 66.5 Å². The number of nitrogens with one attached hydrogen (secondary N) is 1. The molecule has 6 nitrogen and oxygen atoms in total. The minimum Gasteiger partial charge on any atom is -0.494 e. The van der Waals surface area contributed by atoms with Crippen LogP contribution < -0.4 is 10.1 Å². The first-order valence-corrected chi connectivity index (χ1v) is 9.45. The largest absolute Gasteiger partial charge is 0.494 e. The zero-order chi connectivity index (χ0) is 18.6. The minimum atomic E-state index is -0.119. The van der Waals surface area contributed by atoms with Gasteiger partial charge < -0.3 is 10.1 Å². The van der Waals surface area contributed by atoms with Crippen LogP contribution in [0.2, 0.25) is 0 Å². The molecular formula is C20H18N4O2S. The topological polar surface area (TPSA) is 69.0 Å². The van der Waals surface area contributed by atoms with Crippen LogP contribution in [0, 0.1) is 0 Å². The molecule has 1 amide bonds. The highest BCUT2D eigenvalue weighted by Crippen LogP contribution is 2.29. The van der Waals surface area contributed by atoms with E-state index >= 15 is 0 Å². The van der Waals surface area contributed by atoms with Gasteiger partial charge in [-0.15, -0.1) is 0 Å². The Morgan fingerprint density at radius 2 is 2.07 bits per heavy atom. The van der Waals surface area contributed by atoms with Crippen LogP contribution in [0.5, 0.6) is 5.75 Å². The molecule has 1 N–H and O–H groups in total. The Morgan fingerprint density at radius 3 is 2.89 bits per heavy atom. The Morgan fingerprint density at radius 1 is 1.22 bits per heavy atom. The van der Waals surface area contributed by atoms with Gasteiger partial charge in [0.2, 0.25) is 5.91 Å². The summed E-state index contributed by atoms with van der Waals surface area (Å²) in [7, 11) is 0. The first-order chi connectivity index (χ1) is 13.2. The standard InChI is InChI=1S/C20H18N4O2S/c1-2-26-16-8-9-17-18(11-16)27-20(22-17)23-19(25)10-14-12-21-24(13-14)15-6-4-3-5-7-15/h3-9,11-13H,2,10H2,1H3,(H,22,23,25). The first kappa shape index (κ1) is 17.2. The summed E-state index contributed by atoms with van der Waals surface area (Å²) in [5.41, 5.74) is 2.65. The summed E-state index contributed by atoms with van der Waals surface area (Å²) in [6.07, 6.45) is 3.81. The summed E-state index contributed by atoms with van der Waals surface area (Å²) in [5.74, 6) is 0.687. The predicted molar refractivity (Wildman–Crippen MR) is 107 cm³/mol. The third kappa shape index (κ3) is 3.98. The zero-order valence-electron chi connectivity index (χ0n) is 14.8. The second-order valence-corrected chi connectivity index (χ2v) is 6.97.